The van der Waals surface area contributed by atoms with Crippen molar-refractivity contribution in [1.82, 2.24) is 10.2 Å². The number of piperidine rings is 1. The maximum absolute atomic E-state index is 11.8. The van der Waals surface area contributed by atoms with Gasteiger partial charge in [0.05, 0.1) is 13.1 Å². The minimum atomic E-state index is -4.25. The zero-order valence-electron chi connectivity index (χ0n) is 8.89. The summed E-state index contributed by atoms with van der Waals surface area (Å²) in [5.41, 5.74) is 0. The fourth-order valence-electron chi connectivity index (χ4n) is 2.64. The number of nitrogens with one attached hydrogen (secondary N) is 1. The van der Waals surface area contributed by atoms with Crippen LogP contribution < -0.4 is 5.32 Å². The number of amides is 1. The standard InChI is InChI=1S/C10H15F3N2O/c11-10(12,13)6-14-4-9(16)15-5-7-1-2-8(15)3-7/h7-8,14H,1-6H2. The van der Waals surface area contributed by atoms with Crippen LogP contribution >= 0.6 is 0 Å². The second-order valence-electron chi connectivity index (χ2n) is 4.60. The molecule has 1 saturated carbocycles. The van der Waals surface area contributed by atoms with Gasteiger partial charge in [-0.05, 0) is 25.2 Å². The number of fused-ring (bicyclic) bond motifs is 2. The first-order chi connectivity index (χ1) is 7.46. The first kappa shape index (κ1) is 11.7. The average molecular weight is 236 g/mol. The monoisotopic (exact) mass is 236 g/mol. The van der Waals surface area contributed by atoms with E-state index in [-0.39, 0.29) is 18.5 Å². The van der Waals surface area contributed by atoms with Crippen LogP contribution in [0.4, 0.5) is 13.2 Å². The molecule has 2 fully saturated rings. The second-order valence-corrected chi connectivity index (χ2v) is 4.60. The summed E-state index contributed by atoms with van der Waals surface area (Å²) in [6.07, 6.45) is -1.05. The fourth-order valence-corrected chi connectivity index (χ4v) is 2.64. The van der Waals surface area contributed by atoms with E-state index >= 15 is 0 Å². The lowest BCUT2D eigenvalue weighted by Gasteiger charge is -2.27. The highest BCUT2D eigenvalue weighted by atomic mass is 19.4. The van der Waals surface area contributed by atoms with Crippen LogP contribution in [0.1, 0.15) is 19.3 Å². The molecule has 1 aliphatic carbocycles. The third kappa shape index (κ3) is 2.66. The normalized spacial score (nSPS) is 28.8. The van der Waals surface area contributed by atoms with Crippen molar-refractivity contribution in [3.8, 4) is 0 Å². The van der Waals surface area contributed by atoms with E-state index in [0.29, 0.717) is 5.92 Å². The van der Waals surface area contributed by atoms with Gasteiger partial charge >= 0.3 is 6.18 Å². The number of carbonyl (C=O) groups is 1. The number of hydrogen-bond donors (Lipinski definition) is 1. The van der Waals surface area contributed by atoms with Gasteiger partial charge < -0.3 is 10.2 Å². The van der Waals surface area contributed by atoms with Crippen molar-refractivity contribution in [2.45, 2.75) is 31.5 Å². The van der Waals surface area contributed by atoms with Crippen LogP contribution in [-0.4, -0.2) is 42.7 Å². The fraction of sp³-hybridized carbons (Fsp3) is 0.900. The van der Waals surface area contributed by atoms with Gasteiger partial charge in [-0.2, -0.15) is 13.2 Å². The molecule has 0 aromatic rings. The first-order valence-electron chi connectivity index (χ1n) is 5.52. The van der Waals surface area contributed by atoms with Crippen molar-refractivity contribution < 1.29 is 18.0 Å². The van der Waals surface area contributed by atoms with Crippen molar-refractivity contribution in [2.24, 2.45) is 5.92 Å². The lowest BCUT2D eigenvalue weighted by molar-refractivity contribution is -0.135. The van der Waals surface area contributed by atoms with Gasteiger partial charge in [-0.1, -0.05) is 0 Å². The van der Waals surface area contributed by atoms with Gasteiger partial charge in [0.1, 0.15) is 0 Å². The molecule has 1 aliphatic heterocycles. The Balaban J connectivity index is 1.73. The maximum atomic E-state index is 11.8. The molecule has 6 heteroatoms. The quantitative estimate of drug-likeness (QED) is 0.797. The summed E-state index contributed by atoms with van der Waals surface area (Å²) in [7, 11) is 0. The lowest BCUT2D eigenvalue weighted by Crippen LogP contribution is -2.44. The molecule has 1 heterocycles. The Morgan fingerprint density at radius 2 is 2.12 bits per heavy atom. The van der Waals surface area contributed by atoms with Crippen LogP contribution in [0.3, 0.4) is 0 Å². The van der Waals surface area contributed by atoms with Gasteiger partial charge in [-0.3, -0.25) is 4.79 Å². The third-order valence-electron chi connectivity index (χ3n) is 3.33. The van der Waals surface area contributed by atoms with E-state index in [9.17, 15) is 18.0 Å². The highest BCUT2D eigenvalue weighted by molar-refractivity contribution is 5.79. The first-order valence-corrected chi connectivity index (χ1v) is 5.52. The molecule has 2 aliphatic rings. The zero-order chi connectivity index (χ0) is 11.8. The molecule has 0 radical (unpaired) electrons. The molecule has 2 atom stereocenters. The molecule has 2 unspecified atom stereocenters. The molecule has 0 spiro atoms. The van der Waals surface area contributed by atoms with E-state index in [0.717, 1.165) is 25.8 Å². The summed E-state index contributed by atoms with van der Waals surface area (Å²) in [5, 5.41) is 2.15. The van der Waals surface area contributed by atoms with Crippen LogP contribution in [-0.2, 0) is 4.79 Å². The van der Waals surface area contributed by atoms with Crippen molar-refractivity contribution in [1.29, 1.82) is 0 Å². The number of likely N-dealkylation sites (tertiary alicyclic amines) is 1. The molecule has 0 aromatic carbocycles. The predicted octanol–water partition coefficient (Wildman–Crippen LogP) is 1.15. The third-order valence-corrected chi connectivity index (χ3v) is 3.33. The molecule has 1 saturated heterocycles. The highest BCUT2D eigenvalue weighted by Gasteiger charge is 2.40. The molecule has 92 valence electrons. The summed E-state index contributed by atoms with van der Waals surface area (Å²) in [6.45, 7) is -0.569. The van der Waals surface area contributed by atoms with Gasteiger partial charge in [0.25, 0.3) is 0 Å². The molecule has 2 rings (SSSR count). The Labute approximate surface area is 92.0 Å². The molecule has 0 aromatic heterocycles. The maximum Gasteiger partial charge on any atom is 0.401 e. The molecule has 1 amide bonds. The topological polar surface area (TPSA) is 32.3 Å². The second kappa shape index (κ2) is 4.24. The molecule has 1 N–H and O–H groups in total. The van der Waals surface area contributed by atoms with Crippen molar-refractivity contribution >= 4 is 5.91 Å². The average Bonchev–Trinajstić information content (AvgIpc) is 2.76. The summed E-state index contributed by atoms with van der Waals surface area (Å²) in [5.74, 6) is 0.382. The molecule has 16 heavy (non-hydrogen) atoms. The van der Waals surface area contributed by atoms with Crippen LogP contribution in [0.2, 0.25) is 0 Å². The lowest BCUT2D eigenvalue weighted by atomic mass is 10.1. The van der Waals surface area contributed by atoms with E-state index in [1.54, 1.807) is 4.90 Å². The number of rotatable bonds is 3. The summed E-state index contributed by atoms with van der Waals surface area (Å²) >= 11 is 0. The predicted molar refractivity (Wildman–Crippen MR) is 51.8 cm³/mol. The Kier molecular flexibility index (Phi) is 3.10. The molecular formula is C10H15F3N2O. The Morgan fingerprint density at radius 1 is 1.38 bits per heavy atom. The van der Waals surface area contributed by atoms with Gasteiger partial charge in [0.2, 0.25) is 5.91 Å². The molecule has 3 nitrogen and oxygen atoms in total. The summed E-state index contributed by atoms with van der Waals surface area (Å²) < 4.78 is 35.5. The Hall–Kier alpha value is -0.780. The Morgan fingerprint density at radius 3 is 2.62 bits per heavy atom. The smallest absolute Gasteiger partial charge is 0.338 e. The van der Waals surface area contributed by atoms with Crippen LogP contribution in [0.15, 0.2) is 0 Å². The minimum absolute atomic E-state index is 0.198. The van der Waals surface area contributed by atoms with E-state index in [1.165, 1.54) is 0 Å². The van der Waals surface area contributed by atoms with Gasteiger partial charge in [-0.15, -0.1) is 0 Å². The zero-order valence-corrected chi connectivity index (χ0v) is 8.89. The van der Waals surface area contributed by atoms with E-state index in [2.05, 4.69) is 5.32 Å². The highest BCUT2D eigenvalue weighted by Crippen LogP contribution is 2.37. The Bertz CT molecular complexity index is 280. The number of carbonyl (C=O) groups excluding carboxylic acids is 1. The van der Waals surface area contributed by atoms with E-state index < -0.39 is 12.7 Å². The van der Waals surface area contributed by atoms with Crippen LogP contribution in [0, 0.1) is 5.92 Å². The van der Waals surface area contributed by atoms with Gasteiger partial charge in [0.15, 0.2) is 0 Å². The van der Waals surface area contributed by atoms with Crippen molar-refractivity contribution in [2.75, 3.05) is 19.6 Å². The number of alkyl halides is 3. The summed E-state index contributed by atoms with van der Waals surface area (Å²) in [6, 6.07) is 0.283. The van der Waals surface area contributed by atoms with Crippen LogP contribution in [0.25, 0.3) is 0 Å². The number of halogens is 3. The van der Waals surface area contributed by atoms with E-state index in [1.807, 2.05) is 0 Å². The molecular weight excluding hydrogens is 221 g/mol. The van der Waals surface area contributed by atoms with Gasteiger partial charge in [0, 0.05) is 12.6 Å². The van der Waals surface area contributed by atoms with Crippen LogP contribution in [0.5, 0.6) is 0 Å². The molecule has 2 bridgehead atoms. The van der Waals surface area contributed by atoms with E-state index in [4.69, 9.17) is 0 Å². The minimum Gasteiger partial charge on any atom is -0.338 e. The SMILES string of the molecule is O=C(CNCC(F)(F)F)N1CC2CCC1C2. The van der Waals surface area contributed by atoms with Gasteiger partial charge in [-0.25, -0.2) is 0 Å². The number of hydrogen-bond acceptors (Lipinski definition) is 2. The van der Waals surface area contributed by atoms with Crippen molar-refractivity contribution in [3.05, 3.63) is 0 Å². The largest absolute Gasteiger partial charge is 0.401 e. The van der Waals surface area contributed by atoms with Crippen molar-refractivity contribution in [3.63, 3.8) is 0 Å². The number of nitrogens with zero attached hydrogens (tertiary/aromatic N) is 1. The summed E-state index contributed by atoms with van der Waals surface area (Å²) in [4.78, 5) is 13.4.